The molecule has 2 saturated heterocycles. The lowest BCUT2D eigenvalue weighted by atomic mass is 10.0. The van der Waals surface area contributed by atoms with Crippen LogP contribution in [0.15, 0.2) is 53.4 Å². The predicted molar refractivity (Wildman–Crippen MR) is 123 cm³/mol. The van der Waals surface area contributed by atoms with Crippen molar-refractivity contribution in [3.8, 4) is 0 Å². The minimum Gasteiger partial charge on any atom is -0.377 e. The molecule has 182 valence electrons. The maximum Gasteiger partial charge on any atom is 0.253 e. The molecular weight excluding hydrogens is 461 g/mol. The van der Waals surface area contributed by atoms with Gasteiger partial charge in [0.15, 0.2) is 0 Å². The van der Waals surface area contributed by atoms with Crippen molar-refractivity contribution in [2.45, 2.75) is 42.7 Å². The van der Waals surface area contributed by atoms with Crippen molar-refractivity contribution in [2.24, 2.45) is 0 Å². The summed E-state index contributed by atoms with van der Waals surface area (Å²) >= 11 is 0. The molecule has 2 aromatic carbocycles. The first-order chi connectivity index (χ1) is 16.3. The molecule has 0 radical (unpaired) electrons. The maximum atomic E-state index is 13.0. The monoisotopic (exact) mass is 489 g/mol. The molecule has 2 aliphatic heterocycles. The number of hydrogen-bond acceptors (Lipinski definition) is 5. The number of halogens is 1. The zero-order chi connectivity index (χ0) is 24.1. The van der Waals surface area contributed by atoms with Gasteiger partial charge < -0.3 is 15.0 Å². The highest BCUT2D eigenvalue weighted by Crippen LogP contribution is 2.18. The Morgan fingerprint density at radius 1 is 0.971 bits per heavy atom. The van der Waals surface area contributed by atoms with Gasteiger partial charge in [-0.15, -0.1) is 0 Å². The highest BCUT2D eigenvalue weighted by molar-refractivity contribution is 7.89. The van der Waals surface area contributed by atoms with E-state index in [4.69, 9.17) is 4.74 Å². The van der Waals surface area contributed by atoms with Gasteiger partial charge in [0, 0.05) is 43.4 Å². The summed E-state index contributed by atoms with van der Waals surface area (Å²) < 4.78 is 46.0. The molecule has 8 nitrogen and oxygen atoms in total. The second-order valence-corrected chi connectivity index (χ2v) is 10.3. The van der Waals surface area contributed by atoms with E-state index in [0.717, 1.165) is 12.8 Å². The molecule has 2 amide bonds. The van der Waals surface area contributed by atoms with Gasteiger partial charge in [-0.1, -0.05) is 0 Å². The number of nitrogens with zero attached hydrogens (tertiary/aromatic N) is 1. The Labute approximate surface area is 198 Å². The Hall–Kier alpha value is -2.82. The molecule has 2 fully saturated rings. The number of likely N-dealkylation sites (tertiary alicyclic amines) is 1. The van der Waals surface area contributed by atoms with E-state index in [0.29, 0.717) is 43.7 Å². The molecule has 2 aromatic rings. The Morgan fingerprint density at radius 2 is 1.62 bits per heavy atom. The van der Waals surface area contributed by atoms with E-state index < -0.39 is 15.8 Å². The number of sulfonamides is 1. The number of nitrogens with one attached hydrogen (secondary N) is 2. The van der Waals surface area contributed by atoms with E-state index in [1.807, 2.05) is 0 Å². The first-order valence-electron chi connectivity index (χ1n) is 11.4. The third-order valence-corrected chi connectivity index (χ3v) is 7.60. The lowest BCUT2D eigenvalue weighted by Gasteiger charge is -2.32. The molecule has 34 heavy (non-hydrogen) atoms. The van der Waals surface area contributed by atoms with Crippen LogP contribution in [0.1, 0.15) is 46.4 Å². The second-order valence-electron chi connectivity index (χ2n) is 8.56. The Morgan fingerprint density at radius 3 is 2.24 bits per heavy atom. The summed E-state index contributed by atoms with van der Waals surface area (Å²) in [6.07, 6.45) is 2.86. The molecular formula is C24H28FN3O5S. The molecule has 0 spiro atoms. The van der Waals surface area contributed by atoms with E-state index in [1.54, 1.807) is 4.90 Å². The third-order valence-electron chi connectivity index (χ3n) is 6.16. The topological polar surface area (TPSA) is 105 Å². The molecule has 4 rings (SSSR count). The first kappa shape index (κ1) is 24.3. The minimum atomic E-state index is -3.68. The summed E-state index contributed by atoms with van der Waals surface area (Å²) in [6, 6.07) is 11.2. The molecule has 0 saturated carbocycles. The van der Waals surface area contributed by atoms with Crippen LogP contribution in [0.3, 0.4) is 0 Å². The van der Waals surface area contributed by atoms with Crippen molar-refractivity contribution in [1.29, 1.82) is 0 Å². The van der Waals surface area contributed by atoms with Gasteiger partial charge in [-0.3, -0.25) is 9.59 Å². The quantitative estimate of drug-likeness (QED) is 0.621. The summed E-state index contributed by atoms with van der Waals surface area (Å²) in [5, 5.41) is 2.93. The van der Waals surface area contributed by atoms with Crippen LogP contribution in [0.25, 0.3) is 0 Å². The van der Waals surface area contributed by atoms with Crippen LogP contribution >= 0.6 is 0 Å². The fourth-order valence-corrected chi connectivity index (χ4v) is 5.21. The molecule has 1 unspecified atom stereocenters. The lowest BCUT2D eigenvalue weighted by molar-refractivity contribution is 0.0698. The van der Waals surface area contributed by atoms with Crippen molar-refractivity contribution in [1.82, 2.24) is 14.9 Å². The molecule has 0 bridgehead atoms. The van der Waals surface area contributed by atoms with Crippen LogP contribution in [0.5, 0.6) is 0 Å². The van der Waals surface area contributed by atoms with Gasteiger partial charge in [0.2, 0.25) is 10.0 Å². The number of amides is 2. The van der Waals surface area contributed by atoms with Crippen LogP contribution < -0.4 is 10.0 Å². The van der Waals surface area contributed by atoms with Gasteiger partial charge in [0.25, 0.3) is 11.8 Å². The van der Waals surface area contributed by atoms with Gasteiger partial charge in [-0.25, -0.2) is 17.5 Å². The Bertz CT molecular complexity index is 1110. The first-order valence-corrected chi connectivity index (χ1v) is 12.9. The number of carbonyl (C=O) groups is 2. The van der Waals surface area contributed by atoms with Gasteiger partial charge in [-0.2, -0.15) is 0 Å². The number of benzene rings is 2. The van der Waals surface area contributed by atoms with Crippen molar-refractivity contribution in [3.05, 3.63) is 65.5 Å². The Balaban J connectivity index is 1.28. The molecule has 0 aromatic heterocycles. The third kappa shape index (κ3) is 5.99. The highest BCUT2D eigenvalue weighted by atomic mass is 32.2. The summed E-state index contributed by atoms with van der Waals surface area (Å²) in [6.45, 7) is 1.82. The number of piperidine rings is 1. The standard InChI is InChI=1S/C24H28FN3O5S/c25-19-7-3-17(4-8-19)23(29)27-20-11-13-28(14-12-20)24(30)18-5-9-22(10-6-18)34(31,32)26-16-21-2-1-15-33-21/h3-10,20-21,26H,1-2,11-16H2,(H,27,29). The maximum absolute atomic E-state index is 13.0. The zero-order valence-corrected chi connectivity index (χ0v) is 19.5. The van der Waals surface area contributed by atoms with Crippen LogP contribution in [0, 0.1) is 5.82 Å². The average Bonchev–Trinajstić information content (AvgIpc) is 3.37. The van der Waals surface area contributed by atoms with Crippen LogP contribution in [0.4, 0.5) is 4.39 Å². The Kier molecular flexibility index (Phi) is 7.60. The number of rotatable bonds is 7. The normalized spacial score (nSPS) is 19.2. The highest BCUT2D eigenvalue weighted by Gasteiger charge is 2.26. The van der Waals surface area contributed by atoms with E-state index in [1.165, 1.54) is 48.5 Å². The van der Waals surface area contributed by atoms with Crippen molar-refractivity contribution < 1.29 is 27.1 Å². The molecule has 1 atom stereocenters. The van der Waals surface area contributed by atoms with E-state index in [-0.39, 0.29) is 35.4 Å². The summed E-state index contributed by atoms with van der Waals surface area (Å²) in [4.78, 5) is 27.0. The summed E-state index contributed by atoms with van der Waals surface area (Å²) in [7, 11) is -3.68. The SMILES string of the molecule is O=C(NC1CCN(C(=O)c2ccc(S(=O)(=O)NCC3CCCO3)cc2)CC1)c1ccc(F)cc1. The molecule has 2 N–H and O–H groups in total. The summed E-state index contributed by atoms with van der Waals surface area (Å²) in [5.41, 5.74) is 0.798. The van der Waals surface area contributed by atoms with Gasteiger partial charge >= 0.3 is 0 Å². The minimum absolute atomic E-state index is 0.0796. The lowest BCUT2D eigenvalue weighted by Crippen LogP contribution is -2.46. The van der Waals surface area contributed by atoms with Crippen molar-refractivity contribution in [2.75, 3.05) is 26.2 Å². The number of ether oxygens (including phenoxy) is 1. The van der Waals surface area contributed by atoms with Gasteiger partial charge in [-0.05, 0) is 74.2 Å². The van der Waals surface area contributed by atoms with Crippen LogP contribution in [-0.4, -0.2) is 63.5 Å². The number of hydrogen-bond donors (Lipinski definition) is 2. The fourth-order valence-electron chi connectivity index (χ4n) is 4.15. The van der Waals surface area contributed by atoms with Crippen LogP contribution in [-0.2, 0) is 14.8 Å². The molecule has 2 aliphatic rings. The second kappa shape index (κ2) is 10.6. The van der Waals surface area contributed by atoms with Crippen molar-refractivity contribution in [3.63, 3.8) is 0 Å². The smallest absolute Gasteiger partial charge is 0.253 e. The van der Waals surface area contributed by atoms with E-state index in [2.05, 4.69) is 10.0 Å². The fraction of sp³-hybridized carbons (Fsp3) is 0.417. The van der Waals surface area contributed by atoms with E-state index in [9.17, 15) is 22.4 Å². The zero-order valence-electron chi connectivity index (χ0n) is 18.7. The number of carbonyl (C=O) groups excluding carboxylic acids is 2. The average molecular weight is 490 g/mol. The van der Waals surface area contributed by atoms with Crippen LogP contribution in [0.2, 0.25) is 0 Å². The molecule has 0 aliphatic carbocycles. The largest absolute Gasteiger partial charge is 0.377 e. The van der Waals surface area contributed by atoms with Gasteiger partial charge in [0.05, 0.1) is 11.0 Å². The van der Waals surface area contributed by atoms with Gasteiger partial charge in [0.1, 0.15) is 5.82 Å². The molecule has 10 heteroatoms. The summed E-state index contributed by atoms with van der Waals surface area (Å²) in [5.74, 6) is -0.849. The van der Waals surface area contributed by atoms with Crippen molar-refractivity contribution >= 4 is 21.8 Å². The van der Waals surface area contributed by atoms with E-state index >= 15 is 0 Å². The predicted octanol–water partition coefficient (Wildman–Crippen LogP) is 2.32. The molecule has 2 heterocycles.